The Morgan fingerprint density at radius 2 is 1.00 bits per heavy atom. The Morgan fingerprint density at radius 3 is 1.14 bits per heavy atom. The molecule has 7 heteroatoms. The fraction of sp³-hybridized carbons (Fsp3) is 0.286. The van der Waals surface area contributed by atoms with Gasteiger partial charge in [-0.15, -0.1) is 0 Å². The van der Waals surface area contributed by atoms with Crippen molar-refractivity contribution in [2.24, 2.45) is 0 Å². The van der Waals surface area contributed by atoms with E-state index in [1.165, 1.54) is 0 Å². The molecule has 0 bridgehead atoms. The number of carbonyl (C=O) groups is 1. The van der Waals surface area contributed by atoms with Gasteiger partial charge in [-0.05, 0) is 0 Å². The molecule has 80 valence electrons. The van der Waals surface area contributed by atoms with Crippen LogP contribution < -0.4 is 0 Å². The fourth-order valence-corrected chi connectivity index (χ4v) is 0.440. The molecule has 0 saturated heterocycles. The molecule has 0 aliphatic heterocycles. The van der Waals surface area contributed by atoms with E-state index in [4.69, 9.17) is 0 Å². The minimum atomic E-state index is -5.18. The number of halogens is 6. The topological polar surface area (TPSA) is 17.1 Å². The van der Waals surface area contributed by atoms with E-state index in [0.717, 1.165) is 0 Å². The molecule has 0 saturated carbocycles. The van der Waals surface area contributed by atoms with Crippen molar-refractivity contribution >= 4 is 5.78 Å². The molecule has 0 aromatic carbocycles. The van der Waals surface area contributed by atoms with Gasteiger partial charge in [0.25, 0.3) is 0 Å². The summed E-state index contributed by atoms with van der Waals surface area (Å²) in [6.07, 6.45) is -10.4. The summed E-state index contributed by atoms with van der Waals surface area (Å²) < 4.78 is 70.3. The molecule has 0 fully saturated rings. The molecular weight excluding hydrogens is 214 g/mol. The van der Waals surface area contributed by atoms with Crippen molar-refractivity contribution in [1.29, 1.82) is 0 Å². The molecule has 0 unspecified atom stereocenters. The first-order valence-corrected chi connectivity index (χ1v) is 3.05. The highest BCUT2D eigenvalue weighted by molar-refractivity contribution is 6.09. The zero-order valence-corrected chi connectivity index (χ0v) is 6.59. The lowest BCUT2D eigenvalue weighted by atomic mass is 10.1. The van der Waals surface area contributed by atoms with Gasteiger partial charge >= 0.3 is 12.4 Å². The lowest BCUT2D eigenvalue weighted by molar-refractivity contribution is -0.135. The summed E-state index contributed by atoms with van der Waals surface area (Å²) in [6, 6.07) is 0. The predicted octanol–water partition coefficient (Wildman–Crippen LogP) is 2.79. The molecule has 14 heavy (non-hydrogen) atoms. The van der Waals surface area contributed by atoms with Crippen LogP contribution in [0.3, 0.4) is 0 Å². The van der Waals surface area contributed by atoms with Crippen LogP contribution >= 0.6 is 0 Å². The largest absolute Gasteiger partial charge is 0.419 e. The first kappa shape index (κ1) is 12.7. The molecule has 0 aromatic rings. The van der Waals surface area contributed by atoms with Crippen molar-refractivity contribution < 1.29 is 31.1 Å². The average Bonchev–Trinajstić information content (AvgIpc) is 1.97. The van der Waals surface area contributed by atoms with Gasteiger partial charge in [-0.25, -0.2) is 0 Å². The van der Waals surface area contributed by atoms with E-state index in [0.29, 0.717) is 0 Å². The van der Waals surface area contributed by atoms with Crippen LogP contribution in [0.5, 0.6) is 0 Å². The van der Waals surface area contributed by atoms with Crippen molar-refractivity contribution in [2.75, 3.05) is 0 Å². The van der Waals surface area contributed by atoms with Gasteiger partial charge < -0.3 is 0 Å². The van der Waals surface area contributed by atoms with Crippen LogP contribution in [0.25, 0.3) is 0 Å². The minimum absolute atomic E-state index is 2.08. The Hall–Kier alpha value is -1.27. The molecule has 1 nitrogen and oxygen atoms in total. The molecule has 0 aliphatic carbocycles. The van der Waals surface area contributed by atoms with Crippen LogP contribution in [-0.2, 0) is 4.79 Å². The maximum Gasteiger partial charge on any atom is 0.419 e. The molecule has 0 atom stereocenters. The Morgan fingerprint density at radius 1 is 0.786 bits per heavy atom. The lowest BCUT2D eigenvalue weighted by Crippen LogP contribution is -2.26. The Balaban J connectivity index is 4.85. The predicted molar refractivity (Wildman–Crippen MR) is 35.4 cm³/mol. The van der Waals surface area contributed by atoms with Crippen LogP contribution in [0, 0.1) is 0 Å². The average molecular weight is 218 g/mol. The quantitative estimate of drug-likeness (QED) is 0.514. The van der Waals surface area contributed by atoms with E-state index in [9.17, 15) is 31.1 Å². The summed E-state index contributed by atoms with van der Waals surface area (Å²) in [5.74, 6) is -2.25. The summed E-state index contributed by atoms with van der Waals surface area (Å²) >= 11 is 0. The minimum Gasteiger partial charge on any atom is -0.289 e. The highest BCUT2D eigenvalue weighted by Gasteiger charge is 2.44. The van der Waals surface area contributed by atoms with E-state index in [-0.39, 0.29) is 0 Å². The van der Waals surface area contributed by atoms with Crippen molar-refractivity contribution in [3.05, 3.63) is 24.3 Å². The molecule has 0 aliphatic rings. The van der Waals surface area contributed by atoms with Gasteiger partial charge in [0, 0.05) is 0 Å². The van der Waals surface area contributed by atoms with Crippen LogP contribution in [-0.4, -0.2) is 18.1 Å². The standard InChI is InChI=1S/C7H4F6O/c1-3(6(8,9)10)5(14)4(2)7(11,12)13/h1-2H2. The van der Waals surface area contributed by atoms with Gasteiger partial charge in [-0.2, -0.15) is 26.3 Å². The number of carbonyl (C=O) groups excluding carboxylic acids is 1. The lowest BCUT2D eigenvalue weighted by Gasteiger charge is -2.12. The van der Waals surface area contributed by atoms with E-state index in [1.54, 1.807) is 0 Å². The third-order valence-electron chi connectivity index (χ3n) is 1.23. The molecule has 0 spiro atoms. The highest BCUT2D eigenvalue weighted by atomic mass is 19.4. The molecular formula is C7H4F6O. The van der Waals surface area contributed by atoms with Gasteiger partial charge in [-0.3, -0.25) is 4.79 Å². The first-order valence-electron chi connectivity index (χ1n) is 3.05. The van der Waals surface area contributed by atoms with E-state index >= 15 is 0 Å². The van der Waals surface area contributed by atoms with E-state index in [2.05, 4.69) is 13.2 Å². The number of allylic oxidation sites excluding steroid dienone is 2. The van der Waals surface area contributed by atoms with Gasteiger partial charge in [0.05, 0.1) is 11.1 Å². The molecule has 0 rings (SSSR count). The summed E-state index contributed by atoms with van der Waals surface area (Å²) in [5, 5.41) is 0. The van der Waals surface area contributed by atoms with E-state index < -0.39 is 29.3 Å². The Bertz CT molecular complexity index is 254. The van der Waals surface area contributed by atoms with Crippen molar-refractivity contribution in [1.82, 2.24) is 0 Å². The smallest absolute Gasteiger partial charge is 0.289 e. The second-order valence-corrected chi connectivity index (χ2v) is 2.28. The van der Waals surface area contributed by atoms with Crippen LogP contribution in [0.2, 0.25) is 0 Å². The zero-order valence-electron chi connectivity index (χ0n) is 6.59. The van der Waals surface area contributed by atoms with Crippen molar-refractivity contribution in [2.45, 2.75) is 12.4 Å². The zero-order chi connectivity index (χ0) is 11.7. The van der Waals surface area contributed by atoms with Gasteiger partial charge in [-0.1, -0.05) is 13.2 Å². The Kier molecular flexibility index (Phi) is 3.15. The van der Waals surface area contributed by atoms with Crippen LogP contribution in [0.4, 0.5) is 26.3 Å². The molecule has 0 N–H and O–H groups in total. The molecule has 0 aromatic heterocycles. The molecule has 0 heterocycles. The number of ketones is 1. The number of rotatable bonds is 2. The monoisotopic (exact) mass is 218 g/mol. The summed E-state index contributed by atoms with van der Waals surface area (Å²) in [6.45, 7) is 4.45. The maximum absolute atomic E-state index is 11.7. The number of hydrogen-bond acceptors (Lipinski definition) is 1. The normalized spacial score (nSPS) is 12.4. The Labute approximate surface area is 74.7 Å². The maximum atomic E-state index is 11.7. The van der Waals surface area contributed by atoms with Gasteiger partial charge in [0.15, 0.2) is 0 Å². The molecule has 0 radical (unpaired) electrons. The van der Waals surface area contributed by atoms with Crippen molar-refractivity contribution in [3.63, 3.8) is 0 Å². The third-order valence-corrected chi connectivity index (χ3v) is 1.23. The molecule has 0 amide bonds. The SMILES string of the molecule is C=C(C(=O)C(=C)C(F)(F)F)C(F)(F)F. The summed E-state index contributed by atoms with van der Waals surface area (Å²) in [4.78, 5) is 10.5. The summed E-state index contributed by atoms with van der Waals surface area (Å²) in [5.41, 5.74) is -4.17. The summed E-state index contributed by atoms with van der Waals surface area (Å²) in [7, 11) is 0. The van der Waals surface area contributed by atoms with E-state index in [1.807, 2.05) is 0 Å². The van der Waals surface area contributed by atoms with Gasteiger partial charge in [0.2, 0.25) is 5.78 Å². The van der Waals surface area contributed by atoms with Crippen LogP contribution in [0.15, 0.2) is 24.3 Å². The second kappa shape index (κ2) is 3.47. The number of alkyl halides is 6. The first-order chi connectivity index (χ1) is 5.98. The highest BCUT2D eigenvalue weighted by Crippen LogP contribution is 2.32. The third kappa shape index (κ3) is 2.90. The fourth-order valence-electron chi connectivity index (χ4n) is 0.440. The van der Waals surface area contributed by atoms with Crippen molar-refractivity contribution in [3.8, 4) is 0 Å². The van der Waals surface area contributed by atoms with Crippen LogP contribution in [0.1, 0.15) is 0 Å². The number of Topliss-reactive ketones (excluding diaryl/α,β-unsaturated/α-hetero) is 1. The number of hydrogen-bond donors (Lipinski definition) is 0. The van der Waals surface area contributed by atoms with Gasteiger partial charge in [0.1, 0.15) is 0 Å². The second-order valence-electron chi connectivity index (χ2n) is 2.28.